The second kappa shape index (κ2) is 9.30. The van der Waals surface area contributed by atoms with Crippen LogP contribution < -0.4 is 16.2 Å². The molecule has 7 nitrogen and oxygen atoms in total. The van der Waals surface area contributed by atoms with E-state index < -0.39 is 0 Å². The number of aliphatic imine (C=N–C) groups is 1. The standard InChI is InChI=1S/C17H22N6O/c1-19-17(21-13-18)20-11-5-6-12-23-16(24)10-9-15(22-23)14-7-3-2-4-8-14/h3,7-10H,2,4-6,11-12H2,1H3,(H2,19,20,21). The largest absolute Gasteiger partial charge is 0.356 e. The molecule has 0 bridgehead atoms. The molecule has 2 N–H and O–H groups in total. The maximum atomic E-state index is 11.9. The highest BCUT2D eigenvalue weighted by Gasteiger charge is 2.06. The van der Waals surface area contributed by atoms with Crippen molar-refractivity contribution in [3.05, 3.63) is 46.4 Å². The highest BCUT2D eigenvalue weighted by atomic mass is 16.1. The molecule has 2 rings (SSSR count). The molecule has 0 saturated carbocycles. The van der Waals surface area contributed by atoms with E-state index in [-0.39, 0.29) is 5.56 Å². The molecule has 0 unspecified atom stereocenters. The van der Waals surface area contributed by atoms with Crippen LogP contribution in [0.5, 0.6) is 0 Å². The summed E-state index contributed by atoms with van der Waals surface area (Å²) in [5.41, 5.74) is 1.82. The average molecular weight is 326 g/mol. The minimum atomic E-state index is -0.0888. The van der Waals surface area contributed by atoms with E-state index in [1.807, 2.05) is 6.19 Å². The monoisotopic (exact) mass is 326 g/mol. The lowest BCUT2D eigenvalue weighted by molar-refractivity contribution is 0.527. The number of nitrogens with one attached hydrogen (secondary N) is 2. The third-order valence-corrected chi connectivity index (χ3v) is 3.64. The maximum Gasteiger partial charge on any atom is 0.266 e. The molecular formula is C17H22N6O. The van der Waals surface area contributed by atoms with Gasteiger partial charge in [-0.2, -0.15) is 10.4 Å². The maximum absolute atomic E-state index is 11.9. The summed E-state index contributed by atoms with van der Waals surface area (Å²) in [6, 6.07) is 3.35. The van der Waals surface area contributed by atoms with Gasteiger partial charge >= 0.3 is 0 Å². The van der Waals surface area contributed by atoms with E-state index in [0.717, 1.165) is 37.0 Å². The smallest absolute Gasteiger partial charge is 0.266 e. The first-order chi connectivity index (χ1) is 11.7. The van der Waals surface area contributed by atoms with Gasteiger partial charge in [-0.15, -0.1) is 0 Å². The van der Waals surface area contributed by atoms with E-state index in [4.69, 9.17) is 5.26 Å². The Balaban J connectivity index is 1.86. The first-order valence-corrected chi connectivity index (χ1v) is 8.05. The molecule has 24 heavy (non-hydrogen) atoms. The summed E-state index contributed by atoms with van der Waals surface area (Å²) in [5.74, 6) is 0.450. The van der Waals surface area contributed by atoms with Gasteiger partial charge in [0.15, 0.2) is 6.19 Å². The summed E-state index contributed by atoms with van der Waals surface area (Å²) in [7, 11) is 1.61. The van der Waals surface area contributed by atoms with E-state index in [2.05, 4.69) is 39.0 Å². The Kier molecular flexibility index (Phi) is 6.77. The average Bonchev–Trinajstić information content (AvgIpc) is 2.62. The van der Waals surface area contributed by atoms with Crippen molar-refractivity contribution in [2.45, 2.75) is 32.2 Å². The molecule has 1 aromatic rings. The van der Waals surface area contributed by atoms with E-state index in [9.17, 15) is 4.79 Å². The molecule has 1 aromatic heterocycles. The Morgan fingerprint density at radius 3 is 3.00 bits per heavy atom. The minimum Gasteiger partial charge on any atom is -0.356 e. The van der Waals surface area contributed by atoms with Gasteiger partial charge in [0, 0.05) is 26.2 Å². The Hall–Kier alpha value is -2.88. The predicted molar refractivity (Wildman–Crippen MR) is 94.2 cm³/mol. The van der Waals surface area contributed by atoms with Crippen LogP contribution in [0.3, 0.4) is 0 Å². The summed E-state index contributed by atoms with van der Waals surface area (Å²) in [4.78, 5) is 15.8. The third-order valence-electron chi connectivity index (χ3n) is 3.64. The molecule has 7 heteroatoms. The number of guanidine groups is 1. The van der Waals surface area contributed by atoms with E-state index >= 15 is 0 Å². The fourth-order valence-corrected chi connectivity index (χ4v) is 2.39. The first kappa shape index (κ1) is 17.5. The van der Waals surface area contributed by atoms with Crippen LogP contribution >= 0.6 is 0 Å². The summed E-state index contributed by atoms with van der Waals surface area (Å²) >= 11 is 0. The zero-order chi connectivity index (χ0) is 17.2. The molecule has 0 fully saturated rings. The normalized spacial score (nSPS) is 14.0. The van der Waals surface area contributed by atoms with Crippen LogP contribution in [0, 0.1) is 11.5 Å². The third kappa shape index (κ3) is 5.09. The highest BCUT2D eigenvalue weighted by molar-refractivity contribution is 5.80. The zero-order valence-electron chi connectivity index (χ0n) is 13.8. The van der Waals surface area contributed by atoms with Crippen LogP contribution in [0.4, 0.5) is 0 Å². The SMILES string of the molecule is CN=C(NC#N)NCCCCn1nc(C2=CCCC=C2)ccc1=O. The second-order valence-electron chi connectivity index (χ2n) is 5.36. The Morgan fingerprint density at radius 1 is 1.42 bits per heavy atom. The lowest BCUT2D eigenvalue weighted by Crippen LogP contribution is -2.35. The van der Waals surface area contributed by atoms with Gasteiger partial charge in [-0.05, 0) is 37.3 Å². The van der Waals surface area contributed by atoms with Crippen molar-refractivity contribution in [3.8, 4) is 6.19 Å². The summed E-state index contributed by atoms with van der Waals surface area (Å²) in [6.45, 7) is 1.24. The zero-order valence-corrected chi connectivity index (χ0v) is 13.8. The number of aromatic nitrogens is 2. The topological polar surface area (TPSA) is 95.1 Å². The quantitative estimate of drug-likeness (QED) is 0.271. The number of nitriles is 1. The van der Waals surface area contributed by atoms with Crippen molar-refractivity contribution >= 4 is 11.5 Å². The molecule has 1 heterocycles. The molecular weight excluding hydrogens is 304 g/mol. The lowest BCUT2D eigenvalue weighted by Gasteiger charge is -2.10. The second-order valence-corrected chi connectivity index (χ2v) is 5.36. The lowest BCUT2D eigenvalue weighted by atomic mass is 10.0. The van der Waals surface area contributed by atoms with Gasteiger partial charge in [-0.1, -0.05) is 18.2 Å². The van der Waals surface area contributed by atoms with Gasteiger partial charge in [-0.25, -0.2) is 4.68 Å². The number of allylic oxidation sites excluding steroid dienone is 4. The van der Waals surface area contributed by atoms with Crippen LogP contribution in [0.15, 0.2) is 40.1 Å². The summed E-state index contributed by atoms with van der Waals surface area (Å²) < 4.78 is 1.51. The van der Waals surface area contributed by atoms with Crippen molar-refractivity contribution in [3.63, 3.8) is 0 Å². The number of hydrogen-bond donors (Lipinski definition) is 2. The molecule has 0 aliphatic heterocycles. The van der Waals surface area contributed by atoms with Crippen molar-refractivity contribution in [1.29, 1.82) is 5.26 Å². The predicted octanol–water partition coefficient (Wildman–Crippen LogP) is 1.40. The van der Waals surface area contributed by atoms with Gasteiger partial charge in [0.1, 0.15) is 0 Å². The molecule has 0 saturated heterocycles. The molecule has 0 amide bonds. The molecule has 1 aliphatic rings. The van der Waals surface area contributed by atoms with Crippen LogP contribution in [0.2, 0.25) is 0 Å². The minimum absolute atomic E-state index is 0.0888. The number of aryl methyl sites for hydroxylation is 1. The van der Waals surface area contributed by atoms with Crippen LogP contribution in [-0.4, -0.2) is 29.3 Å². The van der Waals surface area contributed by atoms with Crippen molar-refractivity contribution in [2.75, 3.05) is 13.6 Å². The fourth-order valence-electron chi connectivity index (χ4n) is 2.39. The van der Waals surface area contributed by atoms with Crippen LogP contribution in [0.25, 0.3) is 5.57 Å². The van der Waals surface area contributed by atoms with Gasteiger partial charge in [-0.3, -0.25) is 15.1 Å². The molecule has 0 radical (unpaired) electrons. The summed E-state index contributed by atoms with van der Waals surface area (Å²) in [5, 5.41) is 18.5. The van der Waals surface area contributed by atoms with Gasteiger partial charge < -0.3 is 5.32 Å². The highest BCUT2D eigenvalue weighted by Crippen LogP contribution is 2.18. The molecule has 1 aliphatic carbocycles. The molecule has 0 spiro atoms. The van der Waals surface area contributed by atoms with Crippen molar-refractivity contribution in [1.82, 2.24) is 20.4 Å². The number of nitrogens with zero attached hydrogens (tertiary/aromatic N) is 4. The Morgan fingerprint density at radius 2 is 2.29 bits per heavy atom. The van der Waals surface area contributed by atoms with Gasteiger partial charge in [0.25, 0.3) is 5.56 Å². The number of rotatable bonds is 6. The van der Waals surface area contributed by atoms with E-state index in [0.29, 0.717) is 19.0 Å². The number of hydrogen-bond acceptors (Lipinski definition) is 4. The van der Waals surface area contributed by atoms with E-state index in [1.54, 1.807) is 19.2 Å². The molecule has 0 atom stereocenters. The molecule has 126 valence electrons. The molecule has 0 aromatic carbocycles. The van der Waals surface area contributed by atoms with Crippen LogP contribution in [0.1, 0.15) is 31.4 Å². The Labute approximate surface area is 141 Å². The number of unbranched alkanes of at least 4 members (excludes halogenated alkanes) is 1. The first-order valence-electron chi connectivity index (χ1n) is 8.05. The van der Waals surface area contributed by atoms with Crippen LogP contribution in [-0.2, 0) is 6.54 Å². The fraction of sp³-hybridized carbons (Fsp3) is 0.412. The Bertz CT molecular complexity index is 738. The van der Waals surface area contributed by atoms with Gasteiger partial charge in [0.2, 0.25) is 5.96 Å². The van der Waals surface area contributed by atoms with Crippen molar-refractivity contribution < 1.29 is 0 Å². The summed E-state index contributed by atoms with van der Waals surface area (Å²) in [6.07, 6.45) is 11.9. The van der Waals surface area contributed by atoms with E-state index in [1.165, 1.54) is 4.68 Å². The van der Waals surface area contributed by atoms with Gasteiger partial charge in [0.05, 0.1) is 5.69 Å². The van der Waals surface area contributed by atoms with Crippen molar-refractivity contribution in [2.24, 2.45) is 4.99 Å².